The van der Waals surface area contributed by atoms with Gasteiger partial charge >= 0.3 is 0 Å². The molecule has 0 spiro atoms. The number of rotatable bonds is 8. The largest absolute Gasteiger partial charge is 0.315 e. The third-order valence-corrected chi connectivity index (χ3v) is 7.06. The van der Waals surface area contributed by atoms with Crippen LogP contribution in [-0.4, -0.2) is 26.2 Å². The van der Waals surface area contributed by atoms with Crippen molar-refractivity contribution in [3.63, 3.8) is 0 Å². The van der Waals surface area contributed by atoms with Crippen LogP contribution in [0.3, 0.4) is 0 Å². The minimum absolute atomic E-state index is 0.598. The maximum Gasteiger partial charge on any atom is 0.0453 e. The minimum Gasteiger partial charge on any atom is -0.315 e. The fraction of sp³-hybridized carbons (Fsp3) is 0.700. The van der Waals surface area contributed by atoms with Crippen molar-refractivity contribution in [1.82, 2.24) is 10.6 Å². The summed E-state index contributed by atoms with van der Waals surface area (Å²) in [5.41, 5.74) is 1.76. The minimum atomic E-state index is 0.598. The maximum atomic E-state index is 6.19. The molecule has 134 valence electrons. The summed E-state index contributed by atoms with van der Waals surface area (Å²) in [5.74, 6) is 2.83. The highest BCUT2D eigenvalue weighted by Gasteiger charge is 2.53. The van der Waals surface area contributed by atoms with Crippen LogP contribution in [0.1, 0.15) is 38.7 Å². The molecule has 1 aromatic rings. The van der Waals surface area contributed by atoms with Gasteiger partial charge in [0, 0.05) is 23.1 Å². The van der Waals surface area contributed by atoms with E-state index in [9.17, 15) is 0 Å². The van der Waals surface area contributed by atoms with Crippen molar-refractivity contribution in [1.29, 1.82) is 0 Å². The molecule has 24 heavy (non-hydrogen) atoms. The fourth-order valence-electron chi connectivity index (χ4n) is 4.74. The van der Waals surface area contributed by atoms with Crippen molar-refractivity contribution < 1.29 is 0 Å². The van der Waals surface area contributed by atoms with Gasteiger partial charge in [0.15, 0.2) is 0 Å². The summed E-state index contributed by atoms with van der Waals surface area (Å²) >= 11 is 12.1. The summed E-state index contributed by atoms with van der Waals surface area (Å²) in [6.45, 7) is 9.13. The van der Waals surface area contributed by atoms with E-state index in [4.69, 9.17) is 23.2 Å². The van der Waals surface area contributed by atoms with Gasteiger partial charge in [-0.15, -0.1) is 0 Å². The molecule has 0 aliphatic heterocycles. The third kappa shape index (κ3) is 4.09. The molecule has 3 fully saturated rings. The second-order valence-corrected chi connectivity index (χ2v) is 8.98. The van der Waals surface area contributed by atoms with E-state index >= 15 is 0 Å². The lowest BCUT2D eigenvalue weighted by atomic mass is 9.45. The molecule has 0 aromatic heterocycles. The number of fused-ring (bicyclic) bond motifs is 2. The Labute approximate surface area is 156 Å². The van der Waals surface area contributed by atoms with Crippen LogP contribution in [0.4, 0.5) is 0 Å². The summed E-state index contributed by atoms with van der Waals surface area (Å²) in [7, 11) is 0. The molecule has 4 heteroatoms. The van der Waals surface area contributed by atoms with Crippen molar-refractivity contribution in [2.24, 2.45) is 23.2 Å². The molecule has 0 heterocycles. The zero-order valence-electron chi connectivity index (χ0n) is 14.9. The van der Waals surface area contributed by atoms with Gasteiger partial charge in [-0.3, -0.25) is 0 Å². The second kappa shape index (κ2) is 7.95. The lowest BCUT2D eigenvalue weighted by molar-refractivity contribution is -0.103. The van der Waals surface area contributed by atoms with Crippen molar-refractivity contribution in [2.45, 2.75) is 39.5 Å². The third-order valence-electron chi connectivity index (χ3n) is 6.47. The molecular weight excluding hydrogens is 339 g/mol. The molecule has 0 amide bonds. The summed E-state index contributed by atoms with van der Waals surface area (Å²) in [5, 5.41) is 8.62. The van der Waals surface area contributed by atoms with Gasteiger partial charge in [-0.05, 0) is 79.6 Å². The standard InChI is InChI=1S/C20H30Cl2N2/c1-20(2)16-5-3-15(18(20)11-16)13-24-10-9-23-8-7-14-4-6-17(21)12-19(14)22/h4,6,12,15-16,18,23-24H,3,5,7-11,13H2,1-2H3/t15-,16-,18-/m0/s1. The van der Waals surface area contributed by atoms with E-state index in [-0.39, 0.29) is 0 Å². The highest BCUT2D eigenvalue weighted by atomic mass is 35.5. The van der Waals surface area contributed by atoms with Gasteiger partial charge in [-0.1, -0.05) is 43.1 Å². The molecule has 2 N–H and O–H groups in total. The predicted molar refractivity (Wildman–Crippen MR) is 104 cm³/mol. The average molecular weight is 369 g/mol. The first-order valence-electron chi connectivity index (χ1n) is 9.34. The second-order valence-electron chi connectivity index (χ2n) is 8.14. The molecular formula is C20H30Cl2N2. The number of hydrogen-bond acceptors (Lipinski definition) is 2. The summed E-state index contributed by atoms with van der Waals surface area (Å²) < 4.78 is 0. The van der Waals surface area contributed by atoms with Crippen LogP contribution in [0.15, 0.2) is 18.2 Å². The first-order chi connectivity index (χ1) is 11.5. The quantitative estimate of drug-likeness (QED) is 0.644. The highest BCUT2D eigenvalue weighted by molar-refractivity contribution is 6.35. The molecule has 2 bridgehead atoms. The smallest absolute Gasteiger partial charge is 0.0453 e. The van der Waals surface area contributed by atoms with Crippen LogP contribution in [0, 0.1) is 23.2 Å². The molecule has 1 aromatic carbocycles. The topological polar surface area (TPSA) is 24.1 Å². The molecule has 3 aliphatic carbocycles. The normalized spacial score (nSPS) is 27.8. The Bertz CT molecular complexity index is 557. The van der Waals surface area contributed by atoms with E-state index in [0.29, 0.717) is 10.4 Å². The molecule has 4 rings (SSSR count). The van der Waals surface area contributed by atoms with Crippen LogP contribution in [-0.2, 0) is 6.42 Å². The highest BCUT2D eigenvalue weighted by Crippen LogP contribution is 2.61. The molecule has 3 saturated carbocycles. The van der Waals surface area contributed by atoms with Gasteiger partial charge in [-0.2, -0.15) is 0 Å². The Morgan fingerprint density at radius 1 is 1.08 bits per heavy atom. The zero-order chi connectivity index (χ0) is 17.2. The predicted octanol–water partition coefficient (Wildman–Crippen LogP) is 4.79. The number of nitrogens with one attached hydrogen (secondary N) is 2. The number of halogens is 2. The maximum absolute atomic E-state index is 6.19. The molecule has 2 nitrogen and oxygen atoms in total. The molecule has 0 unspecified atom stereocenters. The van der Waals surface area contributed by atoms with Gasteiger partial charge in [0.1, 0.15) is 0 Å². The van der Waals surface area contributed by atoms with Gasteiger partial charge < -0.3 is 10.6 Å². The van der Waals surface area contributed by atoms with Crippen LogP contribution in [0.25, 0.3) is 0 Å². The SMILES string of the molecule is CC1(C)[C@H]2CC[C@@H](CNCCNCCc3ccc(Cl)cc3Cl)[C@@H]1C2. The number of benzene rings is 1. The Kier molecular flexibility index (Phi) is 6.13. The van der Waals surface area contributed by atoms with Gasteiger partial charge in [0.25, 0.3) is 0 Å². The summed E-state index contributed by atoms with van der Waals surface area (Å²) in [6, 6.07) is 5.74. The first kappa shape index (κ1) is 18.5. The van der Waals surface area contributed by atoms with Gasteiger partial charge in [-0.25, -0.2) is 0 Å². The Morgan fingerprint density at radius 3 is 2.58 bits per heavy atom. The molecule has 0 radical (unpaired) electrons. The number of hydrogen-bond donors (Lipinski definition) is 2. The van der Waals surface area contributed by atoms with Crippen LogP contribution in [0.2, 0.25) is 10.0 Å². The summed E-state index contributed by atoms with van der Waals surface area (Å²) in [4.78, 5) is 0. The van der Waals surface area contributed by atoms with Gasteiger partial charge in [0.05, 0.1) is 0 Å². The molecule has 0 saturated heterocycles. The lowest BCUT2D eigenvalue weighted by Crippen LogP contribution is -2.54. The monoisotopic (exact) mass is 368 g/mol. The Hall–Kier alpha value is -0.280. The van der Waals surface area contributed by atoms with E-state index in [1.807, 2.05) is 18.2 Å². The van der Waals surface area contributed by atoms with Crippen molar-refractivity contribution >= 4 is 23.2 Å². The molecule has 3 atom stereocenters. The first-order valence-corrected chi connectivity index (χ1v) is 10.1. The van der Waals surface area contributed by atoms with Gasteiger partial charge in [0.2, 0.25) is 0 Å². The van der Waals surface area contributed by atoms with Crippen molar-refractivity contribution in [3.05, 3.63) is 33.8 Å². The Morgan fingerprint density at radius 2 is 1.88 bits per heavy atom. The van der Waals surface area contributed by atoms with Crippen LogP contribution < -0.4 is 10.6 Å². The van der Waals surface area contributed by atoms with Crippen molar-refractivity contribution in [2.75, 3.05) is 26.2 Å². The van der Waals surface area contributed by atoms with Crippen molar-refractivity contribution in [3.8, 4) is 0 Å². The van der Waals surface area contributed by atoms with Crippen LogP contribution in [0.5, 0.6) is 0 Å². The van der Waals surface area contributed by atoms with E-state index in [2.05, 4.69) is 24.5 Å². The Balaban J connectivity index is 1.27. The average Bonchev–Trinajstić information content (AvgIpc) is 2.55. The van der Waals surface area contributed by atoms with E-state index < -0.39 is 0 Å². The molecule has 3 aliphatic rings. The van der Waals surface area contributed by atoms with Crippen LogP contribution >= 0.6 is 23.2 Å². The van der Waals surface area contributed by atoms with E-state index in [0.717, 1.165) is 54.4 Å². The summed E-state index contributed by atoms with van der Waals surface area (Å²) in [6.07, 6.45) is 5.28. The lowest BCUT2D eigenvalue weighted by Gasteiger charge is -2.60. The van der Waals surface area contributed by atoms with E-state index in [1.165, 1.54) is 25.8 Å². The van der Waals surface area contributed by atoms with E-state index in [1.54, 1.807) is 0 Å². The zero-order valence-corrected chi connectivity index (χ0v) is 16.4. The fourth-order valence-corrected chi connectivity index (χ4v) is 5.25.